The van der Waals surface area contributed by atoms with Crippen molar-refractivity contribution in [2.24, 2.45) is 17.3 Å². The molecule has 0 atom stereocenters. The van der Waals surface area contributed by atoms with Crippen molar-refractivity contribution in [2.75, 3.05) is 0 Å². The Labute approximate surface area is 309 Å². The minimum Gasteiger partial charge on any atom is -0.512 e. The number of carbonyl (C=O) groups is 1. The number of hydrogen-bond donors (Lipinski definition) is 1. The molecule has 0 aliphatic carbocycles. The molecule has 49 heavy (non-hydrogen) atoms. The molecule has 0 bridgehead atoms. The van der Waals surface area contributed by atoms with Crippen molar-refractivity contribution in [1.82, 2.24) is 4.98 Å². The number of aliphatic hydroxyl groups is 1. The van der Waals surface area contributed by atoms with Crippen LogP contribution in [0.3, 0.4) is 0 Å². The standard InChI is InChI=1S/C30H32NOSi.C13H24O2.Ir/c1-19-25(18-30(2,3)4)32-29-23-14-10-11-15-24(23)31-28(27(19)29)21-16-20-12-8-9-13-22(20)26(17-21)33(5,6)7;1-5-10(6-2)12(14)9-13(15)11(7-3)8-4;/h8-15,17H,18H2,1-7H3;9-11,14H,5-8H2,1-4H3;/q-1;;/b;12-9-;. The molecule has 6 heteroatoms. The van der Waals surface area contributed by atoms with Crippen LogP contribution >= 0.6 is 0 Å². The number of hydrogen-bond acceptors (Lipinski definition) is 4. The van der Waals surface area contributed by atoms with Crippen LogP contribution in [0.4, 0.5) is 0 Å². The van der Waals surface area contributed by atoms with Crippen LogP contribution in [0.25, 0.3) is 43.9 Å². The van der Waals surface area contributed by atoms with Crippen LogP contribution in [-0.2, 0) is 31.3 Å². The van der Waals surface area contributed by atoms with Crippen LogP contribution in [0.5, 0.6) is 0 Å². The third-order valence-electron chi connectivity index (χ3n) is 9.47. The molecule has 0 unspecified atom stereocenters. The van der Waals surface area contributed by atoms with Crippen molar-refractivity contribution in [3.8, 4) is 11.3 Å². The second kappa shape index (κ2) is 16.8. The maximum Gasteiger partial charge on any atom is 0.162 e. The molecule has 5 aromatic rings. The number of aromatic nitrogens is 1. The molecular formula is C43H56IrNO3Si-. The van der Waals surface area contributed by atoms with Gasteiger partial charge in [-0.3, -0.25) is 9.78 Å². The number of fused-ring (bicyclic) bond motifs is 4. The van der Waals surface area contributed by atoms with Gasteiger partial charge in [0.1, 0.15) is 11.3 Å². The van der Waals surface area contributed by atoms with Crippen molar-refractivity contribution in [1.29, 1.82) is 0 Å². The number of allylic oxidation sites excluding steroid dienone is 2. The third kappa shape index (κ3) is 9.39. The molecule has 0 fully saturated rings. The predicted octanol–water partition coefficient (Wildman–Crippen LogP) is 11.9. The van der Waals surface area contributed by atoms with Gasteiger partial charge in [-0.1, -0.05) is 109 Å². The summed E-state index contributed by atoms with van der Waals surface area (Å²) in [4.78, 5) is 16.9. The Hall–Kier alpha value is -3.05. The average Bonchev–Trinajstić information content (AvgIpc) is 3.35. The van der Waals surface area contributed by atoms with E-state index in [0.29, 0.717) is 0 Å². The molecule has 0 saturated carbocycles. The molecule has 0 aliphatic heterocycles. The maximum atomic E-state index is 11.7. The summed E-state index contributed by atoms with van der Waals surface area (Å²) in [6.45, 7) is 24.3. The zero-order valence-corrected chi connectivity index (χ0v) is 34.9. The number of aliphatic hydroxyl groups excluding tert-OH is 1. The number of benzene rings is 3. The number of nitrogens with zero attached hydrogens (tertiary/aromatic N) is 1. The van der Waals surface area contributed by atoms with Gasteiger partial charge in [-0.15, -0.1) is 28.8 Å². The minimum atomic E-state index is -1.59. The van der Waals surface area contributed by atoms with E-state index in [2.05, 4.69) is 108 Å². The monoisotopic (exact) mass is 855 g/mol. The molecule has 265 valence electrons. The Bertz CT molecular complexity index is 1920. The molecule has 0 amide bonds. The zero-order chi connectivity index (χ0) is 35.4. The molecule has 5 rings (SSSR count). The van der Waals surface area contributed by atoms with Crippen molar-refractivity contribution < 1.29 is 34.4 Å². The largest absolute Gasteiger partial charge is 0.512 e. The van der Waals surface area contributed by atoms with E-state index in [1.807, 2.05) is 27.7 Å². The summed E-state index contributed by atoms with van der Waals surface area (Å²) in [5, 5.41) is 15.9. The number of rotatable bonds is 10. The van der Waals surface area contributed by atoms with Gasteiger partial charge in [0.2, 0.25) is 0 Å². The number of ketones is 1. The van der Waals surface area contributed by atoms with Gasteiger partial charge in [-0.05, 0) is 55.7 Å². The number of furan rings is 1. The molecular weight excluding hydrogens is 799 g/mol. The zero-order valence-electron chi connectivity index (χ0n) is 31.5. The van der Waals surface area contributed by atoms with Gasteiger partial charge in [-0.2, -0.15) is 0 Å². The summed E-state index contributed by atoms with van der Waals surface area (Å²) in [6, 6.07) is 23.0. The number of carbonyl (C=O) groups excluding carboxylic acids is 1. The van der Waals surface area contributed by atoms with E-state index in [4.69, 9.17) is 9.40 Å². The van der Waals surface area contributed by atoms with Crippen LogP contribution < -0.4 is 5.19 Å². The first-order valence-electron chi connectivity index (χ1n) is 17.8. The van der Waals surface area contributed by atoms with Crippen LogP contribution in [0.1, 0.15) is 85.5 Å². The Morgan fingerprint density at radius 1 is 0.918 bits per heavy atom. The molecule has 2 aromatic heterocycles. The number of pyridine rings is 1. The molecule has 0 aliphatic rings. The van der Waals surface area contributed by atoms with Gasteiger partial charge in [-0.25, -0.2) is 0 Å². The Balaban J connectivity index is 0.000000347. The second-order valence-electron chi connectivity index (χ2n) is 15.5. The fraction of sp³-hybridized carbons (Fsp3) is 0.442. The van der Waals surface area contributed by atoms with Crippen LogP contribution in [0, 0.1) is 30.2 Å². The van der Waals surface area contributed by atoms with Crippen LogP contribution in [0.2, 0.25) is 19.6 Å². The SMILES string of the molecule is CCC(CC)C(=O)/C=C(\O)C(CC)CC.Cc1c(CC(C)(C)C)oc2c1c(-c1[c-]c3ccccc3c([Si](C)(C)C)c1)nc1ccccc12.[Ir]. The summed E-state index contributed by atoms with van der Waals surface area (Å²) in [6.07, 6.45) is 5.80. The first-order chi connectivity index (χ1) is 22.6. The summed E-state index contributed by atoms with van der Waals surface area (Å²) >= 11 is 0. The molecule has 0 saturated heterocycles. The van der Waals surface area contributed by atoms with Gasteiger partial charge in [0.15, 0.2) is 5.78 Å². The van der Waals surface area contributed by atoms with Crippen LogP contribution in [0.15, 0.2) is 70.8 Å². The van der Waals surface area contributed by atoms with Crippen molar-refractivity contribution in [3.05, 3.63) is 83.8 Å². The fourth-order valence-corrected chi connectivity index (χ4v) is 8.18. The summed E-state index contributed by atoms with van der Waals surface area (Å²) in [7, 11) is -1.59. The Morgan fingerprint density at radius 3 is 2.06 bits per heavy atom. The first-order valence-corrected chi connectivity index (χ1v) is 21.3. The van der Waals surface area contributed by atoms with Gasteiger partial charge in [0.05, 0.1) is 19.3 Å². The molecule has 3 aromatic carbocycles. The second-order valence-corrected chi connectivity index (χ2v) is 20.5. The van der Waals surface area contributed by atoms with Crippen molar-refractivity contribution in [3.63, 3.8) is 0 Å². The minimum absolute atomic E-state index is 0. The predicted molar refractivity (Wildman–Crippen MR) is 208 cm³/mol. The number of para-hydroxylation sites is 1. The van der Waals surface area contributed by atoms with Crippen molar-refractivity contribution in [2.45, 2.75) is 107 Å². The smallest absolute Gasteiger partial charge is 0.162 e. The van der Waals surface area contributed by atoms with Crippen LogP contribution in [-0.4, -0.2) is 23.9 Å². The average molecular weight is 855 g/mol. The van der Waals surface area contributed by atoms with Crippen molar-refractivity contribution >= 4 is 51.7 Å². The van der Waals surface area contributed by atoms with Gasteiger partial charge >= 0.3 is 0 Å². The Morgan fingerprint density at radius 2 is 1.49 bits per heavy atom. The molecule has 0 spiro atoms. The van der Waals surface area contributed by atoms with E-state index >= 15 is 0 Å². The third-order valence-corrected chi connectivity index (χ3v) is 11.5. The molecule has 4 nitrogen and oxygen atoms in total. The van der Waals surface area contributed by atoms with E-state index in [1.54, 1.807) is 0 Å². The topological polar surface area (TPSA) is 63.3 Å². The first kappa shape index (κ1) is 40.4. The molecule has 2 heterocycles. The quantitative estimate of drug-likeness (QED) is 0.0658. The van der Waals surface area contributed by atoms with Gasteiger partial charge < -0.3 is 9.52 Å². The van der Waals surface area contributed by atoms with Gasteiger partial charge in [0.25, 0.3) is 0 Å². The van der Waals surface area contributed by atoms with E-state index in [-0.39, 0.29) is 48.9 Å². The normalized spacial score (nSPS) is 12.5. The molecule has 1 N–H and O–H groups in total. The van der Waals surface area contributed by atoms with E-state index in [0.717, 1.165) is 76.4 Å². The van der Waals surface area contributed by atoms with E-state index < -0.39 is 8.07 Å². The maximum absolute atomic E-state index is 11.7. The summed E-state index contributed by atoms with van der Waals surface area (Å²) in [5.74, 6) is 1.61. The Kier molecular flexibility index (Phi) is 13.8. The van der Waals surface area contributed by atoms with E-state index in [1.165, 1.54) is 22.2 Å². The summed E-state index contributed by atoms with van der Waals surface area (Å²) in [5.41, 5.74) is 5.30. The fourth-order valence-electron chi connectivity index (χ4n) is 6.58. The number of aryl methyl sites for hydroxylation is 1. The van der Waals surface area contributed by atoms with Gasteiger partial charge in [0, 0.05) is 60.9 Å². The molecule has 1 radical (unpaired) electrons. The van der Waals surface area contributed by atoms with E-state index in [9.17, 15) is 9.90 Å². The summed E-state index contributed by atoms with van der Waals surface area (Å²) < 4.78 is 6.59.